The molecule has 1 fully saturated rings. The fourth-order valence-electron chi connectivity index (χ4n) is 4.05. The lowest BCUT2D eigenvalue weighted by Gasteiger charge is -2.42. The molecule has 1 heterocycles. The Bertz CT molecular complexity index is 389. The van der Waals surface area contributed by atoms with Crippen LogP contribution < -0.4 is 0 Å². The maximum atomic E-state index is 13.5. The molecule has 0 aromatic carbocycles. The maximum absolute atomic E-state index is 13.5. The van der Waals surface area contributed by atoms with Crippen LogP contribution in [0.4, 0.5) is 0 Å². The molecule has 0 aromatic heterocycles. The molecule has 1 saturated heterocycles. The van der Waals surface area contributed by atoms with Gasteiger partial charge in [-0.2, -0.15) is 11.8 Å². The lowest BCUT2D eigenvalue weighted by Crippen LogP contribution is -2.54. The second-order valence-electron chi connectivity index (χ2n) is 8.90. The van der Waals surface area contributed by atoms with E-state index < -0.39 is 0 Å². The van der Waals surface area contributed by atoms with E-state index in [0.717, 1.165) is 0 Å². The van der Waals surface area contributed by atoms with Gasteiger partial charge in [-0.3, -0.25) is 4.79 Å². The number of rotatable bonds is 5. The topological polar surface area (TPSA) is 20.3 Å². The molecule has 0 spiro atoms. The summed E-state index contributed by atoms with van der Waals surface area (Å²) >= 11 is 2.10. The fraction of sp³-hybridized carbons (Fsp3) is 0.950. The molecule has 4 unspecified atom stereocenters. The SMILES string of the molecule is CC(C)C1SC(C(C)C)C(C(C)C)N(C(C)C)C(=O)C1C(C)C. The van der Waals surface area contributed by atoms with Gasteiger partial charge in [0.15, 0.2) is 0 Å². The molecule has 0 bridgehead atoms. The molecule has 3 heteroatoms. The molecule has 136 valence electrons. The van der Waals surface area contributed by atoms with Crippen molar-refractivity contribution in [3.05, 3.63) is 0 Å². The van der Waals surface area contributed by atoms with Crippen molar-refractivity contribution in [2.45, 2.75) is 91.8 Å². The zero-order valence-corrected chi connectivity index (χ0v) is 17.8. The number of thioether (sulfide) groups is 1. The summed E-state index contributed by atoms with van der Waals surface area (Å²) in [6.07, 6.45) is 0. The van der Waals surface area contributed by atoms with Crippen LogP contribution in [0, 0.1) is 29.6 Å². The summed E-state index contributed by atoms with van der Waals surface area (Å²) in [5.41, 5.74) is 0. The van der Waals surface area contributed by atoms with Crippen molar-refractivity contribution in [3.63, 3.8) is 0 Å². The molecule has 0 aromatic rings. The Morgan fingerprint density at radius 2 is 1.22 bits per heavy atom. The summed E-state index contributed by atoms with van der Waals surface area (Å²) in [6, 6.07) is 0.599. The van der Waals surface area contributed by atoms with Gasteiger partial charge in [-0.15, -0.1) is 0 Å². The van der Waals surface area contributed by atoms with E-state index in [-0.39, 0.29) is 12.0 Å². The molecular formula is C20H39NOS. The predicted molar refractivity (Wildman–Crippen MR) is 104 cm³/mol. The van der Waals surface area contributed by atoms with Crippen molar-refractivity contribution in [1.29, 1.82) is 0 Å². The Balaban J connectivity index is 3.46. The summed E-state index contributed by atoms with van der Waals surface area (Å²) in [6.45, 7) is 22.6. The van der Waals surface area contributed by atoms with Crippen LogP contribution in [0.5, 0.6) is 0 Å². The molecule has 0 N–H and O–H groups in total. The van der Waals surface area contributed by atoms with E-state index in [2.05, 4.69) is 85.9 Å². The van der Waals surface area contributed by atoms with E-state index in [1.807, 2.05) is 0 Å². The first kappa shape index (κ1) is 20.9. The van der Waals surface area contributed by atoms with Gasteiger partial charge < -0.3 is 4.90 Å². The van der Waals surface area contributed by atoms with Gasteiger partial charge in [0, 0.05) is 22.6 Å². The van der Waals surface area contributed by atoms with Crippen LogP contribution in [0.15, 0.2) is 0 Å². The minimum Gasteiger partial charge on any atom is -0.336 e. The smallest absolute Gasteiger partial charge is 0.227 e. The Hall–Kier alpha value is -0.180. The number of carbonyl (C=O) groups excluding carboxylic acids is 1. The molecule has 23 heavy (non-hydrogen) atoms. The zero-order valence-electron chi connectivity index (χ0n) is 17.0. The average molecular weight is 342 g/mol. The van der Waals surface area contributed by atoms with Crippen LogP contribution in [0.2, 0.25) is 0 Å². The highest BCUT2D eigenvalue weighted by Gasteiger charge is 2.47. The number of amides is 1. The second-order valence-corrected chi connectivity index (χ2v) is 10.3. The van der Waals surface area contributed by atoms with E-state index in [1.165, 1.54) is 0 Å². The third kappa shape index (κ3) is 4.46. The summed E-state index contributed by atoms with van der Waals surface area (Å²) < 4.78 is 0. The van der Waals surface area contributed by atoms with Crippen molar-refractivity contribution >= 4 is 17.7 Å². The normalized spacial score (nSPS) is 30.2. The Morgan fingerprint density at radius 1 is 0.739 bits per heavy atom. The summed E-state index contributed by atoms with van der Waals surface area (Å²) in [7, 11) is 0. The van der Waals surface area contributed by atoms with Crippen LogP contribution in [0.1, 0.15) is 69.2 Å². The van der Waals surface area contributed by atoms with Crippen molar-refractivity contribution in [1.82, 2.24) is 4.90 Å². The molecule has 2 nitrogen and oxygen atoms in total. The molecule has 4 atom stereocenters. The van der Waals surface area contributed by atoms with E-state index in [4.69, 9.17) is 0 Å². The van der Waals surface area contributed by atoms with Gasteiger partial charge in [-0.05, 0) is 37.5 Å². The van der Waals surface area contributed by atoms with Crippen LogP contribution >= 0.6 is 11.8 Å². The highest BCUT2D eigenvalue weighted by molar-refractivity contribution is 8.00. The van der Waals surface area contributed by atoms with Crippen LogP contribution in [0.3, 0.4) is 0 Å². The first-order chi connectivity index (χ1) is 10.5. The third-order valence-corrected chi connectivity index (χ3v) is 7.43. The fourth-order valence-corrected chi connectivity index (χ4v) is 6.25. The van der Waals surface area contributed by atoms with Gasteiger partial charge in [-0.25, -0.2) is 0 Å². The molecule has 1 amide bonds. The number of hydrogen-bond acceptors (Lipinski definition) is 2. The highest BCUT2D eigenvalue weighted by Crippen LogP contribution is 2.45. The van der Waals surface area contributed by atoms with Gasteiger partial charge in [0.2, 0.25) is 5.91 Å². The molecule has 0 radical (unpaired) electrons. The van der Waals surface area contributed by atoms with E-state index in [9.17, 15) is 4.79 Å². The largest absolute Gasteiger partial charge is 0.336 e. The van der Waals surface area contributed by atoms with Crippen molar-refractivity contribution in [2.75, 3.05) is 0 Å². The Morgan fingerprint density at radius 3 is 1.52 bits per heavy atom. The van der Waals surface area contributed by atoms with E-state index >= 15 is 0 Å². The van der Waals surface area contributed by atoms with Gasteiger partial charge in [0.1, 0.15) is 0 Å². The molecule has 1 aliphatic heterocycles. The van der Waals surface area contributed by atoms with Gasteiger partial charge >= 0.3 is 0 Å². The van der Waals surface area contributed by atoms with Crippen LogP contribution in [-0.4, -0.2) is 33.4 Å². The summed E-state index contributed by atoms with van der Waals surface area (Å²) in [4.78, 5) is 15.8. The minimum absolute atomic E-state index is 0.132. The third-order valence-electron chi connectivity index (χ3n) is 5.14. The predicted octanol–water partition coefficient (Wildman–Crippen LogP) is 5.32. The Kier molecular flexibility index (Phi) is 7.50. The summed E-state index contributed by atoms with van der Waals surface area (Å²) in [5, 5.41) is 0.928. The molecular weight excluding hydrogens is 302 g/mol. The number of nitrogens with zero attached hydrogens (tertiary/aromatic N) is 1. The van der Waals surface area contributed by atoms with Crippen molar-refractivity contribution in [3.8, 4) is 0 Å². The van der Waals surface area contributed by atoms with Gasteiger partial charge in [0.05, 0.1) is 5.92 Å². The highest BCUT2D eigenvalue weighted by atomic mass is 32.2. The quantitative estimate of drug-likeness (QED) is 0.675. The second kappa shape index (κ2) is 8.27. The first-order valence-corrected chi connectivity index (χ1v) is 10.4. The van der Waals surface area contributed by atoms with Crippen molar-refractivity contribution < 1.29 is 4.79 Å². The molecule has 1 rings (SSSR count). The first-order valence-electron chi connectivity index (χ1n) is 9.48. The monoisotopic (exact) mass is 341 g/mol. The zero-order chi connectivity index (χ0) is 18.1. The lowest BCUT2D eigenvalue weighted by atomic mass is 9.84. The van der Waals surface area contributed by atoms with Gasteiger partial charge in [0.25, 0.3) is 0 Å². The van der Waals surface area contributed by atoms with E-state index in [0.29, 0.717) is 46.1 Å². The molecule has 0 aliphatic carbocycles. The molecule has 0 saturated carbocycles. The maximum Gasteiger partial charge on any atom is 0.227 e. The number of carbonyl (C=O) groups is 1. The van der Waals surface area contributed by atoms with Gasteiger partial charge in [-0.1, -0.05) is 55.4 Å². The summed E-state index contributed by atoms with van der Waals surface area (Å²) in [5.74, 6) is 2.50. The Labute approximate surface area is 149 Å². The number of hydrogen-bond donors (Lipinski definition) is 0. The van der Waals surface area contributed by atoms with Crippen LogP contribution in [-0.2, 0) is 4.79 Å². The van der Waals surface area contributed by atoms with E-state index in [1.54, 1.807) is 0 Å². The standard InChI is InChI=1S/C20H39NOS/c1-11(2)16-18(13(5)6)23-19(14(7)8)17(12(3)4)21(15(9)10)20(16)22/h11-19H,1-10H3. The van der Waals surface area contributed by atoms with Crippen LogP contribution in [0.25, 0.3) is 0 Å². The lowest BCUT2D eigenvalue weighted by molar-refractivity contribution is -0.142. The molecule has 1 aliphatic rings. The van der Waals surface area contributed by atoms with Crippen molar-refractivity contribution in [2.24, 2.45) is 29.6 Å². The average Bonchev–Trinajstić information content (AvgIpc) is 2.52. The minimum atomic E-state index is 0.132.